The highest BCUT2D eigenvalue weighted by Gasteiger charge is 2.15. The van der Waals surface area contributed by atoms with Gasteiger partial charge in [0, 0.05) is 51.5 Å². The lowest BCUT2D eigenvalue weighted by Gasteiger charge is -2.30. The monoisotopic (exact) mass is 576 g/mol. The normalized spacial score (nSPS) is 17.2. The van der Waals surface area contributed by atoms with Crippen LogP contribution in [0.2, 0.25) is 0 Å². The summed E-state index contributed by atoms with van der Waals surface area (Å²) in [4.78, 5) is 7.28. The number of hydrogen-bond acceptors (Lipinski definition) is 6. The second-order valence-electron chi connectivity index (χ2n) is 8.48. The maximum atomic E-state index is 5.83. The predicted molar refractivity (Wildman–Crippen MR) is 144 cm³/mol. The summed E-state index contributed by atoms with van der Waals surface area (Å²) in [7, 11) is 1.68. The molecule has 9 heteroatoms. The number of hydrogen-bond donors (Lipinski definition) is 2. The molecule has 0 aliphatic carbocycles. The molecule has 1 saturated heterocycles. The van der Waals surface area contributed by atoms with Gasteiger partial charge >= 0.3 is 0 Å². The number of nitrogens with one attached hydrogen (secondary N) is 2. The van der Waals surface area contributed by atoms with E-state index in [1.165, 1.54) is 25.9 Å². The van der Waals surface area contributed by atoms with Crippen LogP contribution in [-0.4, -0.2) is 83.7 Å². The van der Waals surface area contributed by atoms with E-state index in [1.54, 1.807) is 7.11 Å². The van der Waals surface area contributed by atoms with Crippen molar-refractivity contribution in [1.82, 2.24) is 10.2 Å². The first-order chi connectivity index (χ1) is 15.7. The van der Waals surface area contributed by atoms with Crippen LogP contribution in [0.4, 0.5) is 5.69 Å². The molecule has 0 spiro atoms. The van der Waals surface area contributed by atoms with Gasteiger partial charge in [0.1, 0.15) is 0 Å². The number of halogens is 1. The summed E-state index contributed by atoms with van der Waals surface area (Å²) in [5.74, 6) is 3.21. The topological polar surface area (TPSA) is 76.6 Å². The van der Waals surface area contributed by atoms with E-state index in [-0.39, 0.29) is 24.0 Å². The van der Waals surface area contributed by atoms with Gasteiger partial charge in [-0.3, -0.25) is 4.99 Å². The third kappa shape index (κ3) is 10.7. The smallest absolute Gasteiger partial charge is 0.195 e. The molecule has 33 heavy (non-hydrogen) atoms. The Balaban J connectivity index is 0.00000385. The minimum Gasteiger partial charge on any atom is -0.490 e. The number of benzene rings is 1. The quantitative estimate of drug-likeness (QED) is 0.181. The van der Waals surface area contributed by atoms with Crippen LogP contribution in [0.25, 0.3) is 0 Å². The summed E-state index contributed by atoms with van der Waals surface area (Å²) in [5.41, 5.74) is 0.934. The molecule has 188 valence electrons. The Morgan fingerprint density at radius 3 is 2.70 bits per heavy atom. The van der Waals surface area contributed by atoms with Crippen LogP contribution < -0.4 is 20.1 Å². The molecule has 0 atom stereocenters. The van der Waals surface area contributed by atoms with Gasteiger partial charge in [-0.2, -0.15) is 0 Å². The average molecular weight is 577 g/mol. The van der Waals surface area contributed by atoms with Crippen molar-refractivity contribution in [2.75, 3.05) is 78.2 Å². The summed E-state index contributed by atoms with van der Waals surface area (Å²) in [5, 5.41) is 6.92. The number of fused-ring (bicyclic) bond motifs is 1. The molecule has 1 aromatic rings. The minimum atomic E-state index is 0. The van der Waals surface area contributed by atoms with Crippen molar-refractivity contribution in [3.8, 4) is 11.5 Å². The van der Waals surface area contributed by atoms with E-state index in [9.17, 15) is 0 Å². The molecule has 2 N–H and O–H groups in total. The summed E-state index contributed by atoms with van der Waals surface area (Å²) in [6.07, 6.45) is 4.34. The summed E-state index contributed by atoms with van der Waals surface area (Å²) in [6, 6.07) is 5.95. The zero-order valence-electron chi connectivity index (χ0n) is 20.1. The fourth-order valence-electron chi connectivity index (χ4n) is 3.74. The molecule has 1 aromatic carbocycles. The molecule has 0 bridgehead atoms. The number of nitrogens with zero attached hydrogens (tertiary/aromatic N) is 2. The van der Waals surface area contributed by atoms with Crippen molar-refractivity contribution in [2.24, 2.45) is 10.9 Å². The number of ether oxygens (including phenoxy) is 4. The van der Waals surface area contributed by atoms with E-state index in [0.29, 0.717) is 39.6 Å². The Kier molecular flexibility index (Phi) is 13.8. The Morgan fingerprint density at radius 1 is 1.12 bits per heavy atom. The van der Waals surface area contributed by atoms with Crippen molar-refractivity contribution in [3.63, 3.8) is 0 Å². The summed E-state index contributed by atoms with van der Waals surface area (Å²) in [6.45, 7) is 10.6. The Hall–Kier alpha value is -1.30. The molecule has 2 heterocycles. The highest BCUT2D eigenvalue weighted by atomic mass is 127. The first-order valence-corrected chi connectivity index (χ1v) is 12.0. The largest absolute Gasteiger partial charge is 0.490 e. The molecule has 0 unspecified atom stereocenters. The average Bonchev–Trinajstić information content (AvgIpc) is 3.04. The van der Waals surface area contributed by atoms with Gasteiger partial charge in [0.05, 0.1) is 26.4 Å². The molecular formula is C24H41IN4O4. The van der Waals surface area contributed by atoms with E-state index >= 15 is 0 Å². The second kappa shape index (κ2) is 16.3. The lowest BCUT2D eigenvalue weighted by Crippen LogP contribution is -2.41. The van der Waals surface area contributed by atoms with Crippen LogP contribution in [0.3, 0.4) is 0 Å². The molecular weight excluding hydrogens is 535 g/mol. The molecule has 0 saturated carbocycles. The van der Waals surface area contributed by atoms with Crippen molar-refractivity contribution in [2.45, 2.75) is 32.6 Å². The van der Waals surface area contributed by atoms with Crippen molar-refractivity contribution >= 4 is 35.6 Å². The zero-order chi connectivity index (χ0) is 22.4. The van der Waals surface area contributed by atoms with Gasteiger partial charge in [0.15, 0.2) is 17.5 Å². The highest BCUT2D eigenvalue weighted by Crippen LogP contribution is 2.32. The Bertz CT molecular complexity index is 699. The maximum absolute atomic E-state index is 5.83. The molecule has 2 aliphatic heterocycles. The van der Waals surface area contributed by atoms with Gasteiger partial charge in [-0.15, -0.1) is 24.0 Å². The first-order valence-electron chi connectivity index (χ1n) is 12.0. The lowest BCUT2D eigenvalue weighted by molar-refractivity contribution is 0.0702. The molecule has 2 aliphatic rings. The molecule has 3 rings (SSSR count). The van der Waals surface area contributed by atoms with E-state index in [4.69, 9.17) is 23.9 Å². The third-order valence-electron chi connectivity index (χ3n) is 5.76. The van der Waals surface area contributed by atoms with Crippen LogP contribution >= 0.6 is 24.0 Å². The van der Waals surface area contributed by atoms with E-state index in [1.807, 2.05) is 18.2 Å². The Morgan fingerprint density at radius 2 is 1.91 bits per heavy atom. The number of aliphatic imine (C=N–C) groups is 1. The number of guanidine groups is 1. The summed E-state index contributed by atoms with van der Waals surface area (Å²) < 4.78 is 22.1. The molecule has 1 fully saturated rings. The number of rotatable bonds is 11. The standard InChI is InChI=1S/C24H40N4O4.HI/c1-20-7-11-28(12-8-20)13-10-26-24(25-9-3-14-30-18-17-29-2)27-21-5-6-22-23(19-21)32-16-4-15-31-22;/h5-6,19-20H,3-4,7-18H2,1-2H3,(H2,25,26,27);1H. The molecule has 0 radical (unpaired) electrons. The number of methoxy groups -OCH3 is 1. The van der Waals surface area contributed by atoms with Crippen LogP contribution in [0.1, 0.15) is 32.6 Å². The first kappa shape index (κ1) is 27.9. The second-order valence-corrected chi connectivity index (χ2v) is 8.48. The molecule has 8 nitrogen and oxygen atoms in total. The van der Waals surface area contributed by atoms with E-state index in [0.717, 1.165) is 55.0 Å². The van der Waals surface area contributed by atoms with Crippen LogP contribution in [0, 0.1) is 5.92 Å². The minimum absolute atomic E-state index is 0. The predicted octanol–water partition coefficient (Wildman–Crippen LogP) is 3.61. The SMILES string of the molecule is COCCOCCCN=C(NCCN1CCC(C)CC1)Nc1ccc2c(c1)OCCCO2.I. The summed E-state index contributed by atoms with van der Waals surface area (Å²) >= 11 is 0. The lowest BCUT2D eigenvalue weighted by atomic mass is 9.99. The van der Waals surface area contributed by atoms with Gasteiger partial charge in [0.2, 0.25) is 0 Å². The van der Waals surface area contributed by atoms with Gasteiger partial charge in [-0.05, 0) is 50.4 Å². The van der Waals surface area contributed by atoms with Crippen LogP contribution in [0.15, 0.2) is 23.2 Å². The van der Waals surface area contributed by atoms with Crippen molar-refractivity contribution in [3.05, 3.63) is 18.2 Å². The van der Waals surface area contributed by atoms with Crippen LogP contribution in [-0.2, 0) is 9.47 Å². The Labute approximate surface area is 215 Å². The van der Waals surface area contributed by atoms with Crippen molar-refractivity contribution < 1.29 is 18.9 Å². The number of anilines is 1. The van der Waals surface area contributed by atoms with E-state index in [2.05, 4.69) is 22.5 Å². The zero-order valence-corrected chi connectivity index (χ0v) is 22.5. The molecule has 0 amide bonds. The van der Waals surface area contributed by atoms with Crippen LogP contribution in [0.5, 0.6) is 11.5 Å². The van der Waals surface area contributed by atoms with Gasteiger partial charge in [-0.1, -0.05) is 6.92 Å². The van der Waals surface area contributed by atoms with Gasteiger partial charge in [-0.25, -0.2) is 0 Å². The van der Waals surface area contributed by atoms with E-state index < -0.39 is 0 Å². The van der Waals surface area contributed by atoms with Gasteiger partial charge in [0.25, 0.3) is 0 Å². The highest BCUT2D eigenvalue weighted by molar-refractivity contribution is 14.0. The number of piperidine rings is 1. The molecule has 0 aromatic heterocycles. The fourth-order valence-corrected chi connectivity index (χ4v) is 3.74. The maximum Gasteiger partial charge on any atom is 0.195 e. The van der Waals surface area contributed by atoms with Crippen molar-refractivity contribution in [1.29, 1.82) is 0 Å². The number of likely N-dealkylation sites (tertiary alicyclic amines) is 1. The fraction of sp³-hybridized carbons (Fsp3) is 0.708. The third-order valence-corrected chi connectivity index (χ3v) is 5.76. The van der Waals surface area contributed by atoms with Gasteiger partial charge < -0.3 is 34.5 Å².